The number of furan rings is 1. The fourth-order valence-electron chi connectivity index (χ4n) is 1.87. The maximum absolute atomic E-state index is 5.79. The van der Waals surface area contributed by atoms with E-state index in [1.54, 1.807) is 0 Å². The third kappa shape index (κ3) is 4.46. The molecule has 0 radical (unpaired) electrons. The molecule has 1 N–H and O–H groups in total. The van der Waals surface area contributed by atoms with Crippen LogP contribution in [0.2, 0.25) is 0 Å². The van der Waals surface area contributed by atoms with Gasteiger partial charge in [0.2, 0.25) is 0 Å². The Morgan fingerprint density at radius 1 is 1.33 bits per heavy atom. The Morgan fingerprint density at radius 2 is 2.00 bits per heavy atom. The van der Waals surface area contributed by atoms with Crippen molar-refractivity contribution in [2.75, 3.05) is 7.05 Å². The number of rotatable bonds is 7. The summed E-state index contributed by atoms with van der Waals surface area (Å²) < 4.78 is 5.79. The molecule has 1 heterocycles. The molecule has 3 nitrogen and oxygen atoms in total. The largest absolute Gasteiger partial charge is 0.465 e. The fraction of sp³-hybridized carbons (Fsp3) is 0.733. The maximum Gasteiger partial charge on any atom is 0.118 e. The summed E-state index contributed by atoms with van der Waals surface area (Å²) in [7, 11) is 2.17. The van der Waals surface area contributed by atoms with Gasteiger partial charge in [0, 0.05) is 24.2 Å². The van der Waals surface area contributed by atoms with Gasteiger partial charge in [0.05, 0.1) is 6.54 Å². The zero-order chi connectivity index (χ0) is 13.7. The Balaban J connectivity index is 2.61. The van der Waals surface area contributed by atoms with Gasteiger partial charge in [-0.25, -0.2) is 0 Å². The Kier molecular flexibility index (Phi) is 5.89. The molecule has 1 aromatic rings. The number of hydrogen-bond donors (Lipinski definition) is 1. The van der Waals surface area contributed by atoms with Crippen molar-refractivity contribution in [3.05, 3.63) is 23.2 Å². The molecule has 0 fully saturated rings. The maximum atomic E-state index is 5.79. The highest BCUT2D eigenvalue weighted by atomic mass is 16.3. The standard InChI is InChI=1S/C15H28N2O/c1-7-12(4)17(6)10-14-8-15(18-13(14)5)9-16-11(2)3/h8,11-12,16H,7,9-10H2,1-6H3. The van der Waals surface area contributed by atoms with Crippen LogP contribution in [0.5, 0.6) is 0 Å². The second-order valence-corrected chi connectivity index (χ2v) is 5.50. The quantitative estimate of drug-likeness (QED) is 0.807. The Labute approximate surface area is 112 Å². The highest BCUT2D eigenvalue weighted by Gasteiger charge is 2.12. The van der Waals surface area contributed by atoms with Crippen LogP contribution in [-0.2, 0) is 13.1 Å². The summed E-state index contributed by atoms with van der Waals surface area (Å²) in [5, 5.41) is 3.38. The van der Waals surface area contributed by atoms with Crippen LogP contribution in [0.15, 0.2) is 10.5 Å². The van der Waals surface area contributed by atoms with Crippen LogP contribution in [0.1, 0.15) is 51.2 Å². The van der Waals surface area contributed by atoms with Crippen molar-refractivity contribution in [1.29, 1.82) is 0 Å². The zero-order valence-electron chi connectivity index (χ0n) is 12.7. The third-order valence-corrected chi connectivity index (χ3v) is 3.52. The first-order valence-electron chi connectivity index (χ1n) is 6.95. The van der Waals surface area contributed by atoms with Gasteiger partial charge in [0.15, 0.2) is 0 Å². The van der Waals surface area contributed by atoms with Crippen molar-refractivity contribution in [3.8, 4) is 0 Å². The SMILES string of the molecule is CCC(C)N(C)Cc1cc(CNC(C)C)oc1C. The molecule has 104 valence electrons. The summed E-state index contributed by atoms with van der Waals surface area (Å²) in [6, 6.07) is 3.28. The number of nitrogens with zero attached hydrogens (tertiary/aromatic N) is 1. The van der Waals surface area contributed by atoms with E-state index < -0.39 is 0 Å². The lowest BCUT2D eigenvalue weighted by Gasteiger charge is -2.22. The van der Waals surface area contributed by atoms with Crippen LogP contribution in [0.3, 0.4) is 0 Å². The van der Waals surface area contributed by atoms with E-state index in [4.69, 9.17) is 4.42 Å². The van der Waals surface area contributed by atoms with Gasteiger partial charge in [-0.1, -0.05) is 20.8 Å². The van der Waals surface area contributed by atoms with Gasteiger partial charge >= 0.3 is 0 Å². The van der Waals surface area contributed by atoms with Crippen molar-refractivity contribution in [2.24, 2.45) is 0 Å². The molecular weight excluding hydrogens is 224 g/mol. The van der Waals surface area contributed by atoms with E-state index in [9.17, 15) is 0 Å². The minimum atomic E-state index is 0.488. The highest BCUT2D eigenvalue weighted by Crippen LogP contribution is 2.17. The summed E-state index contributed by atoms with van der Waals surface area (Å²) in [5.41, 5.74) is 1.30. The predicted octanol–water partition coefficient (Wildman–Crippen LogP) is 3.32. The molecular formula is C15H28N2O. The van der Waals surface area contributed by atoms with E-state index in [0.717, 1.165) is 24.6 Å². The molecule has 3 heteroatoms. The van der Waals surface area contributed by atoms with Crippen molar-refractivity contribution < 1.29 is 4.42 Å². The molecule has 1 rings (SSSR count). The fourth-order valence-corrected chi connectivity index (χ4v) is 1.87. The van der Waals surface area contributed by atoms with Crippen molar-refractivity contribution in [2.45, 2.75) is 66.2 Å². The van der Waals surface area contributed by atoms with Gasteiger partial charge in [-0.15, -0.1) is 0 Å². The molecule has 0 spiro atoms. The van der Waals surface area contributed by atoms with Crippen LogP contribution in [0.4, 0.5) is 0 Å². The minimum Gasteiger partial charge on any atom is -0.465 e. The van der Waals surface area contributed by atoms with Gasteiger partial charge in [0.25, 0.3) is 0 Å². The molecule has 0 aliphatic rings. The van der Waals surface area contributed by atoms with Gasteiger partial charge in [-0.3, -0.25) is 4.90 Å². The van der Waals surface area contributed by atoms with E-state index in [2.05, 4.69) is 57.9 Å². The molecule has 1 unspecified atom stereocenters. The normalized spacial score (nSPS) is 13.6. The Bertz CT molecular complexity index is 357. The van der Waals surface area contributed by atoms with Gasteiger partial charge in [-0.2, -0.15) is 0 Å². The molecule has 0 saturated heterocycles. The number of hydrogen-bond acceptors (Lipinski definition) is 3. The summed E-state index contributed by atoms with van der Waals surface area (Å²) in [6.45, 7) is 12.6. The molecule has 0 aliphatic heterocycles. The zero-order valence-corrected chi connectivity index (χ0v) is 12.7. The molecule has 18 heavy (non-hydrogen) atoms. The molecule has 0 aliphatic carbocycles. The van der Waals surface area contributed by atoms with Crippen molar-refractivity contribution >= 4 is 0 Å². The second kappa shape index (κ2) is 6.95. The second-order valence-electron chi connectivity index (χ2n) is 5.50. The summed E-state index contributed by atoms with van der Waals surface area (Å²) in [6.07, 6.45) is 1.18. The molecule has 0 aromatic carbocycles. The first kappa shape index (κ1) is 15.3. The van der Waals surface area contributed by atoms with Crippen LogP contribution < -0.4 is 5.32 Å². The van der Waals surface area contributed by atoms with Crippen LogP contribution in [0, 0.1) is 6.92 Å². The van der Waals surface area contributed by atoms with E-state index >= 15 is 0 Å². The topological polar surface area (TPSA) is 28.4 Å². The lowest BCUT2D eigenvalue weighted by Crippen LogP contribution is -2.27. The molecule has 0 bridgehead atoms. The van der Waals surface area contributed by atoms with E-state index in [-0.39, 0.29) is 0 Å². The lowest BCUT2D eigenvalue weighted by atomic mass is 10.2. The molecule has 0 saturated carbocycles. The summed E-state index contributed by atoms with van der Waals surface area (Å²) in [4.78, 5) is 2.37. The smallest absolute Gasteiger partial charge is 0.118 e. The van der Waals surface area contributed by atoms with Crippen LogP contribution >= 0.6 is 0 Å². The van der Waals surface area contributed by atoms with Crippen molar-refractivity contribution in [1.82, 2.24) is 10.2 Å². The molecule has 1 atom stereocenters. The Hall–Kier alpha value is -0.800. The van der Waals surface area contributed by atoms with Crippen LogP contribution in [0.25, 0.3) is 0 Å². The van der Waals surface area contributed by atoms with E-state index in [0.29, 0.717) is 12.1 Å². The van der Waals surface area contributed by atoms with Crippen LogP contribution in [-0.4, -0.2) is 24.0 Å². The van der Waals surface area contributed by atoms with E-state index in [1.807, 2.05) is 0 Å². The summed E-state index contributed by atoms with van der Waals surface area (Å²) >= 11 is 0. The first-order chi connectivity index (χ1) is 8.43. The van der Waals surface area contributed by atoms with Gasteiger partial charge in [0.1, 0.15) is 11.5 Å². The van der Waals surface area contributed by atoms with Gasteiger partial charge in [-0.05, 0) is 33.4 Å². The minimum absolute atomic E-state index is 0.488. The monoisotopic (exact) mass is 252 g/mol. The van der Waals surface area contributed by atoms with E-state index in [1.165, 1.54) is 12.0 Å². The average Bonchev–Trinajstić information content (AvgIpc) is 2.66. The number of nitrogens with one attached hydrogen (secondary N) is 1. The average molecular weight is 252 g/mol. The molecule has 0 amide bonds. The molecule has 1 aromatic heterocycles. The van der Waals surface area contributed by atoms with Crippen molar-refractivity contribution in [3.63, 3.8) is 0 Å². The lowest BCUT2D eigenvalue weighted by molar-refractivity contribution is 0.242. The first-order valence-corrected chi connectivity index (χ1v) is 6.95. The third-order valence-electron chi connectivity index (χ3n) is 3.52. The highest BCUT2D eigenvalue weighted by molar-refractivity contribution is 5.20. The Morgan fingerprint density at radius 3 is 2.56 bits per heavy atom. The van der Waals surface area contributed by atoms with Gasteiger partial charge < -0.3 is 9.73 Å². The number of aryl methyl sites for hydroxylation is 1. The predicted molar refractivity (Wildman–Crippen MR) is 76.6 cm³/mol. The summed E-state index contributed by atoms with van der Waals surface area (Å²) in [5.74, 6) is 2.08.